The van der Waals surface area contributed by atoms with Crippen LogP contribution in [0.1, 0.15) is 82.5 Å². The first kappa shape index (κ1) is 21.4. The number of hydrogen-bond acceptors (Lipinski definition) is 3. The molecule has 0 aliphatic heterocycles. The van der Waals surface area contributed by atoms with Crippen LogP contribution in [0.3, 0.4) is 0 Å². The molecule has 3 saturated carbocycles. The molecule has 5 heteroatoms. The van der Waals surface area contributed by atoms with E-state index in [2.05, 4.69) is 24.5 Å². The summed E-state index contributed by atoms with van der Waals surface area (Å²) in [6, 6.07) is 9.73. The van der Waals surface area contributed by atoms with E-state index in [0.717, 1.165) is 38.5 Å². The van der Waals surface area contributed by atoms with Gasteiger partial charge in [-0.05, 0) is 80.8 Å². The Hall–Kier alpha value is -1.88. The Labute approximate surface area is 180 Å². The molecule has 0 spiro atoms. The van der Waals surface area contributed by atoms with Crippen LogP contribution < -0.4 is 10.6 Å². The van der Waals surface area contributed by atoms with E-state index in [9.17, 15) is 14.7 Å². The van der Waals surface area contributed by atoms with Gasteiger partial charge in [0.05, 0.1) is 5.60 Å². The molecule has 3 aliphatic rings. The van der Waals surface area contributed by atoms with Crippen molar-refractivity contribution in [3.63, 3.8) is 0 Å². The van der Waals surface area contributed by atoms with Gasteiger partial charge in [0, 0.05) is 24.1 Å². The zero-order valence-corrected chi connectivity index (χ0v) is 18.5. The van der Waals surface area contributed by atoms with Gasteiger partial charge < -0.3 is 15.7 Å². The second kappa shape index (κ2) is 7.67. The molecule has 3 fully saturated rings. The number of carbonyl (C=O) groups is 2. The van der Waals surface area contributed by atoms with E-state index in [1.807, 2.05) is 37.3 Å². The lowest BCUT2D eigenvalue weighted by atomic mass is 9.57. The van der Waals surface area contributed by atoms with E-state index in [-0.39, 0.29) is 34.6 Å². The molecular formula is C25H36N2O3. The van der Waals surface area contributed by atoms with Crippen LogP contribution in [0.15, 0.2) is 30.3 Å². The Morgan fingerprint density at radius 3 is 2.40 bits per heavy atom. The van der Waals surface area contributed by atoms with E-state index in [1.165, 1.54) is 0 Å². The smallest absolute Gasteiger partial charge is 0.251 e. The second-order valence-electron chi connectivity index (χ2n) is 10.9. The van der Waals surface area contributed by atoms with Crippen LogP contribution in [0.2, 0.25) is 0 Å². The highest BCUT2D eigenvalue weighted by Gasteiger charge is 2.61. The van der Waals surface area contributed by atoms with Crippen molar-refractivity contribution in [3.05, 3.63) is 35.9 Å². The Bertz CT molecular complexity index is 800. The monoisotopic (exact) mass is 412 g/mol. The van der Waals surface area contributed by atoms with Gasteiger partial charge in [-0.25, -0.2) is 0 Å². The molecule has 30 heavy (non-hydrogen) atoms. The molecule has 0 radical (unpaired) electrons. The minimum atomic E-state index is -0.681. The number of fused-ring (bicyclic) bond motifs is 1. The zero-order chi connectivity index (χ0) is 21.6. The minimum absolute atomic E-state index is 0.00792. The van der Waals surface area contributed by atoms with Gasteiger partial charge in [0.15, 0.2) is 0 Å². The topological polar surface area (TPSA) is 78.4 Å². The SMILES string of the molecule is CC1(O)CCC2(CCC(=O)NC3CC3)C(NC(=O)c3ccccc3)CC(C)(C)C2C1. The van der Waals surface area contributed by atoms with E-state index in [4.69, 9.17) is 0 Å². The first-order valence-corrected chi connectivity index (χ1v) is 11.5. The summed E-state index contributed by atoms with van der Waals surface area (Å²) in [6.45, 7) is 6.45. The van der Waals surface area contributed by atoms with Crippen molar-refractivity contribution in [1.82, 2.24) is 10.6 Å². The summed E-state index contributed by atoms with van der Waals surface area (Å²) in [7, 11) is 0. The maximum absolute atomic E-state index is 13.0. The molecular weight excluding hydrogens is 376 g/mol. The van der Waals surface area contributed by atoms with Gasteiger partial charge in [0.25, 0.3) is 5.91 Å². The highest BCUT2D eigenvalue weighted by molar-refractivity contribution is 5.94. The van der Waals surface area contributed by atoms with Crippen molar-refractivity contribution >= 4 is 11.8 Å². The molecule has 2 amide bonds. The fourth-order valence-electron chi connectivity index (χ4n) is 6.14. The van der Waals surface area contributed by atoms with Crippen LogP contribution in [0.5, 0.6) is 0 Å². The van der Waals surface area contributed by atoms with Crippen molar-refractivity contribution < 1.29 is 14.7 Å². The number of amides is 2. The number of benzene rings is 1. The number of carbonyl (C=O) groups excluding carboxylic acids is 2. The minimum Gasteiger partial charge on any atom is -0.390 e. The van der Waals surface area contributed by atoms with Crippen molar-refractivity contribution in [3.8, 4) is 0 Å². The molecule has 1 aromatic carbocycles. The maximum Gasteiger partial charge on any atom is 0.251 e. The van der Waals surface area contributed by atoms with Crippen molar-refractivity contribution in [2.24, 2.45) is 16.7 Å². The Morgan fingerprint density at radius 2 is 1.73 bits per heavy atom. The first-order valence-electron chi connectivity index (χ1n) is 11.5. The van der Waals surface area contributed by atoms with Crippen molar-refractivity contribution in [2.45, 2.75) is 89.8 Å². The van der Waals surface area contributed by atoms with Gasteiger partial charge in [0.2, 0.25) is 5.91 Å². The van der Waals surface area contributed by atoms with Crippen LogP contribution in [0.25, 0.3) is 0 Å². The number of rotatable bonds is 6. The molecule has 0 saturated heterocycles. The summed E-state index contributed by atoms with van der Waals surface area (Å²) in [4.78, 5) is 25.5. The highest BCUT2D eigenvalue weighted by Crippen LogP contribution is 2.63. The average Bonchev–Trinajstić information content (AvgIpc) is 3.47. The Morgan fingerprint density at radius 1 is 1.03 bits per heavy atom. The molecule has 5 nitrogen and oxygen atoms in total. The molecule has 0 heterocycles. The summed E-state index contributed by atoms with van der Waals surface area (Å²) in [5.74, 6) is 0.348. The number of aliphatic hydroxyl groups is 1. The van der Waals surface area contributed by atoms with Crippen molar-refractivity contribution in [1.29, 1.82) is 0 Å². The molecule has 0 bridgehead atoms. The molecule has 4 atom stereocenters. The lowest BCUT2D eigenvalue weighted by Gasteiger charge is -2.50. The van der Waals surface area contributed by atoms with Crippen LogP contribution in [0, 0.1) is 16.7 Å². The third kappa shape index (κ3) is 4.27. The van der Waals surface area contributed by atoms with E-state index >= 15 is 0 Å². The maximum atomic E-state index is 13.0. The normalized spacial score (nSPS) is 34.8. The highest BCUT2D eigenvalue weighted by atomic mass is 16.3. The number of hydrogen-bond donors (Lipinski definition) is 3. The van der Waals surface area contributed by atoms with Gasteiger partial charge in [-0.2, -0.15) is 0 Å². The fraction of sp³-hybridized carbons (Fsp3) is 0.680. The predicted molar refractivity (Wildman–Crippen MR) is 117 cm³/mol. The molecule has 4 unspecified atom stereocenters. The van der Waals surface area contributed by atoms with Crippen LogP contribution in [-0.2, 0) is 4.79 Å². The molecule has 164 valence electrons. The summed E-state index contributed by atoms with van der Waals surface area (Å²) in [5.41, 5.74) is -0.175. The van der Waals surface area contributed by atoms with Gasteiger partial charge >= 0.3 is 0 Å². The van der Waals surface area contributed by atoms with Gasteiger partial charge in [0.1, 0.15) is 0 Å². The van der Waals surface area contributed by atoms with Crippen LogP contribution >= 0.6 is 0 Å². The third-order valence-electron chi connectivity index (χ3n) is 7.94. The lowest BCUT2D eigenvalue weighted by molar-refractivity contribution is -0.123. The molecule has 3 aliphatic carbocycles. The van der Waals surface area contributed by atoms with E-state index in [0.29, 0.717) is 24.4 Å². The van der Waals surface area contributed by atoms with Gasteiger partial charge in [-0.15, -0.1) is 0 Å². The van der Waals surface area contributed by atoms with Gasteiger partial charge in [-0.3, -0.25) is 9.59 Å². The Kier molecular flexibility index (Phi) is 5.46. The summed E-state index contributed by atoms with van der Waals surface area (Å²) in [5, 5.41) is 17.3. The summed E-state index contributed by atoms with van der Waals surface area (Å²) >= 11 is 0. The quantitative estimate of drug-likeness (QED) is 0.665. The van der Waals surface area contributed by atoms with Crippen LogP contribution in [-0.4, -0.2) is 34.6 Å². The van der Waals surface area contributed by atoms with E-state index in [1.54, 1.807) is 0 Å². The van der Waals surface area contributed by atoms with Crippen molar-refractivity contribution in [2.75, 3.05) is 0 Å². The molecule has 1 aromatic rings. The second-order valence-corrected chi connectivity index (χ2v) is 10.9. The van der Waals surface area contributed by atoms with E-state index < -0.39 is 5.60 Å². The van der Waals surface area contributed by atoms with Gasteiger partial charge in [-0.1, -0.05) is 32.0 Å². The third-order valence-corrected chi connectivity index (χ3v) is 7.94. The fourth-order valence-corrected chi connectivity index (χ4v) is 6.14. The predicted octanol–water partition coefficient (Wildman–Crippen LogP) is 3.81. The standard InChI is InChI=1S/C25H36N2O3/c1-23(2)16-20(27-22(29)17-7-5-4-6-8-17)25(12-11-21(28)26-18-9-10-18)14-13-24(3,30)15-19(23)25/h4-8,18-20,30H,9-16H2,1-3H3,(H,26,28)(H,27,29). The number of nitrogens with one attached hydrogen (secondary N) is 2. The molecule has 0 aromatic heterocycles. The zero-order valence-electron chi connectivity index (χ0n) is 18.5. The largest absolute Gasteiger partial charge is 0.390 e. The molecule has 4 rings (SSSR count). The lowest BCUT2D eigenvalue weighted by Crippen LogP contribution is -2.52. The summed E-state index contributed by atoms with van der Waals surface area (Å²) < 4.78 is 0. The first-order chi connectivity index (χ1) is 14.1. The molecule has 3 N–H and O–H groups in total. The summed E-state index contributed by atoms with van der Waals surface area (Å²) in [6.07, 6.45) is 6.57. The van der Waals surface area contributed by atoms with Crippen LogP contribution in [0.4, 0.5) is 0 Å². The average molecular weight is 413 g/mol. The Balaban J connectivity index is 1.58.